The Morgan fingerprint density at radius 3 is 2.71 bits per heavy atom. The minimum absolute atomic E-state index is 0.325. The molecule has 0 aliphatic rings. The van der Waals surface area contributed by atoms with Gasteiger partial charge in [-0.25, -0.2) is 9.18 Å². The number of nitrogens with two attached hydrogens (primary N) is 1. The second kappa shape index (κ2) is 7.43. The Hall–Kier alpha value is -2.36. The molecule has 0 unspecified atom stereocenters. The van der Waals surface area contributed by atoms with Gasteiger partial charge >= 0.3 is 6.03 Å². The van der Waals surface area contributed by atoms with E-state index in [9.17, 15) is 9.18 Å². The number of hydrogen-bond acceptors (Lipinski definition) is 3. The van der Waals surface area contributed by atoms with Gasteiger partial charge in [-0.3, -0.25) is 0 Å². The molecule has 0 atom stereocenters. The molecule has 2 rings (SSSR count). The van der Waals surface area contributed by atoms with Crippen LogP contribution in [-0.2, 0) is 6.54 Å². The summed E-state index contributed by atoms with van der Waals surface area (Å²) in [5, 5.41) is 5.35. The molecule has 1 heterocycles. The van der Waals surface area contributed by atoms with Gasteiger partial charge in [-0.1, -0.05) is 11.8 Å². The molecule has 1 aromatic carbocycles. The number of carbonyl (C=O) groups is 1. The van der Waals surface area contributed by atoms with Gasteiger partial charge in [0.05, 0.1) is 18.0 Å². The lowest BCUT2D eigenvalue weighted by Gasteiger charge is -2.06. The predicted octanol–water partition coefficient (Wildman–Crippen LogP) is 2.52. The zero-order valence-electron chi connectivity index (χ0n) is 11.2. The molecule has 21 heavy (non-hydrogen) atoms. The number of hydrogen-bond donors (Lipinski definition) is 3. The first-order valence-electron chi connectivity index (χ1n) is 6.25. The third kappa shape index (κ3) is 4.91. The third-order valence-corrected chi connectivity index (χ3v) is 3.50. The Bertz CT molecular complexity index is 670. The summed E-state index contributed by atoms with van der Waals surface area (Å²) in [4.78, 5) is 13.6. The molecule has 4 nitrogen and oxygen atoms in total. The standard InChI is InChI=1S/C15H14FN3OS/c16-11-3-5-12(6-4-11)19-15(20)18-10-14-8-7-13(21-14)2-1-9-17/h3-8H,9-10,17H2,(H2,18,19,20). The smallest absolute Gasteiger partial charge is 0.319 e. The number of thiophene rings is 1. The molecular formula is C15H14FN3OS. The van der Waals surface area contributed by atoms with Gasteiger partial charge in [0.1, 0.15) is 5.82 Å². The Kier molecular flexibility index (Phi) is 5.32. The number of halogens is 1. The highest BCUT2D eigenvalue weighted by atomic mass is 32.1. The first-order valence-corrected chi connectivity index (χ1v) is 7.07. The van der Waals surface area contributed by atoms with Gasteiger partial charge in [-0.2, -0.15) is 0 Å². The molecule has 1 aromatic heterocycles. The van der Waals surface area contributed by atoms with E-state index in [0.717, 1.165) is 9.75 Å². The van der Waals surface area contributed by atoms with E-state index in [1.807, 2.05) is 12.1 Å². The highest BCUT2D eigenvalue weighted by Gasteiger charge is 2.03. The average Bonchev–Trinajstić information content (AvgIpc) is 2.93. The number of benzene rings is 1. The summed E-state index contributed by atoms with van der Waals surface area (Å²) in [6.45, 7) is 0.730. The molecule has 6 heteroatoms. The van der Waals surface area contributed by atoms with Crippen molar-refractivity contribution < 1.29 is 9.18 Å². The van der Waals surface area contributed by atoms with Crippen LogP contribution in [-0.4, -0.2) is 12.6 Å². The van der Waals surface area contributed by atoms with Crippen LogP contribution in [0.25, 0.3) is 0 Å². The van der Waals surface area contributed by atoms with Gasteiger partial charge < -0.3 is 16.4 Å². The average molecular weight is 303 g/mol. The highest BCUT2D eigenvalue weighted by molar-refractivity contribution is 7.12. The van der Waals surface area contributed by atoms with Crippen LogP contribution in [0.4, 0.5) is 14.9 Å². The zero-order chi connectivity index (χ0) is 15.1. The number of carbonyl (C=O) groups excluding carboxylic acids is 1. The third-order valence-electron chi connectivity index (χ3n) is 2.50. The molecule has 0 spiro atoms. The van der Waals surface area contributed by atoms with Crippen molar-refractivity contribution >= 4 is 23.1 Å². The summed E-state index contributed by atoms with van der Waals surface area (Å²) in [5.41, 5.74) is 5.84. The molecule has 0 aliphatic carbocycles. The molecule has 0 saturated carbocycles. The lowest BCUT2D eigenvalue weighted by molar-refractivity contribution is 0.252. The normalized spacial score (nSPS) is 9.62. The lowest BCUT2D eigenvalue weighted by Crippen LogP contribution is -2.27. The van der Waals surface area contributed by atoms with Crippen LogP contribution in [0.2, 0.25) is 0 Å². The van der Waals surface area contributed by atoms with Gasteiger partial charge in [0, 0.05) is 10.6 Å². The SMILES string of the molecule is NCC#Cc1ccc(CNC(=O)Nc2ccc(F)cc2)s1. The van der Waals surface area contributed by atoms with Gasteiger partial charge in [-0.15, -0.1) is 11.3 Å². The van der Waals surface area contributed by atoms with Crippen molar-refractivity contribution in [1.29, 1.82) is 0 Å². The Morgan fingerprint density at radius 1 is 1.24 bits per heavy atom. The zero-order valence-corrected chi connectivity index (χ0v) is 12.0. The second-order valence-corrected chi connectivity index (χ2v) is 5.25. The van der Waals surface area contributed by atoms with Gasteiger partial charge in [0.25, 0.3) is 0 Å². The van der Waals surface area contributed by atoms with E-state index < -0.39 is 0 Å². The fourth-order valence-corrected chi connectivity index (χ4v) is 2.38. The van der Waals surface area contributed by atoms with Gasteiger partial charge in [0.2, 0.25) is 0 Å². The minimum Gasteiger partial charge on any atom is -0.333 e. The molecule has 2 aromatic rings. The summed E-state index contributed by atoms with van der Waals surface area (Å²) >= 11 is 1.50. The van der Waals surface area contributed by atoms with Crippen LogP contribution in [0.15, 0.2) is 36.4 Å². The van der Waals surface area contributed by atoms with Gasteiger partial charge in [-0.05, 0) is 36.4 Å². The van der Waals surface area contributed by atoms with Crippen molar-refractivity contribution in [2.75, 3.05) is 11.9 Å². The molecule has 4 N–H and O–H groups in total. The molecule has 0 radical (unpaired) electrons. The van der Waals surface area contributed by atoms with Crippen molar-refractivity contribution in [3.8, 4) is 11.8 Å². The second-order valence-electron chi connectivity index (χ2n) is 4.09. The summed E-state index contributed by atoms with van der Waals surface area (Å²) in [6.07, 6.45) is 0. The predicted molar refractivity (Wildman–Crippen MR) is 82.5 cm³/mol. The lowest BCUT2D eigenvalue weighted by atomic mass is 10.3. The van der Waals surface area contributed by atoms with Gasteiger partial charge in [0.15, 0.2) is 0 Å². The van der Waals surface area contributed by atoms with Crippen molar-refractivity contribution in [1.82, 2.24) is 5.32 Å². The maximum absolute atomic E-state index is 12.7. The van der Waals surface area contributed by atoms with Crippen molar-refractivity contribution in [2.24, 2.45) is 5.73 Å². The first-order chi connectivity index (χ1) is 10.2. The van der Waals surface area contributed by atoms with E-state index in [1.165, 1.54) is 35.6 Å². The summed E-state index contributed by atoms with van der Waals surface area (Å²) < 4.78 is 12.7. The van der Waals surface area contributed by atoms with E-state index >= 15 is 0 Å². The fourth-order valence-electron chi connectivity index (χ4n) is 1.55. The van der Waals surface area contributed by atoms with Crippen molar-refractivity contribution in [2.45, 2.75) is 6.54 Å². The van der Waals surface area contributed by atoms with E-state index in [4.69, 9.17) is 5.73 Å². The maximum Gasteiger partial charge on any atom is 0.319 e. The molecule has 0 fully saturated rings. The van der Waals surface area contributed by atoms with Crippen molar-refractivity contribution in [3.63, 3.8) is 0 Å². The highest BCUT2D eigenvalue weighted by Crippen LogP contribution is 2.15. The van der Waals surface area contributed by atoms with Crippen LogP contribution in [0.5, 0.6) is 0 Å². The minimum atomic E-state index is -0.343. The first kappa shape index (κ1) is 15.0. The Morgan fingerprint density at radius 2 is 2.00 bits per heavy atom. The van der Waals surface area contributed by atoms with E-state index in [1.54, 1.807) is 0 Å². The monoisotopic (exact) mass is 303 g/mol. The summed E-state index contributed by atoms with van der Waals surface area (Å²) in [7, 11) is 0. The largest absolute Gasteiger partial charge is 0.333 e. The molecule has 2 amide bonds. The Labute approximate surface area is 126 Å². The van der Waals surface area contributed by atoms with Crippen LogP contribution < -0.4 is 16.4 Å². The van der Waals surface area contributed by atoms with Crippen LogP contribution >= 0.6 is 11.3 Å². The van der Waals surface area contributed by atoms with Crippen LogP contribution in [0.1, 0.15) is 9.75 Å². The summed E-state index contributed by atoms with van der Waals surface area (Å²) in [6, 6.07) is 9.03. The number of amides is 2. The van der Waals surface area contributed by atoms with E-state index in [-0.39, 0.29) is 11.8 Å². The van der Waals surface area contributed by atoms with Crippen LogP contribution in [0, 0.1) is 17.7 Å². The van der Waals surface area contributed by atoms with Crippen LogP contribution in [0.3, 0.4) is 0 Å². The summed E-state index contributed by atoms with van der Waals surface area (Å²) in [5.74, 6) is 5.37. The molecule has 0 saturated heterocycles. The molecule has 108 valence electrons. The molecule has 0 bridgehead atoms. The molecular weight excluding hydrogens is 289 g/mol. The van der Waals surface area contributed by atoms with Crippen molar-refractivity contribution in [3.05, 3.63) is 52.0 Å². The van der Waals surface area contributed by atoms with E-state index in [2.05, 4.69) is 22.5 Å². The quantitative estimate of drug-likeness (QED) is 0.763. The van der Waals surface area contributed by atoms with E-state index in [0.29, 0.717) is 18.8 Å². The fraction of sp³-hybridized carbons (Fsp3) is 0.133. The number of urea groups is 1. The number of nitrogens with one attached hydrogen (secondary N) is 2. The maximum atomic E-state index is 12.7. The topological polar surface area (TPSA) is 67.1 Å². The Balaban J connectivity index is 1.83. The number of rotatable bonds is 3. The number of anilines is 1. The molecule has 0 aliphatic heterocycles.